The SMILES string of the molecule is COC(=O)[C@H](O)[C@H](O)CO.O. The van der Waals surface area contributed by atoms with Crippen LogP contribution in [0.25, 0.3) is 0 Å². The molecule has 0 radical (unpaired) electrons. The van der Waals surface area contributed by atoms with Crippen molar-refractivity contribution in [1.29, 1.82) is 0 Å². The van der Waals surface area contributed by atoms with Crippen LogP contribution in [0.3, 0.4) is 0 Å². The van der Waals surface area contributed by atoms with Gasteiger partial charge in [-0.15, -0.1) is 0 Å². The van der Waals surface area contributed by atoms with Crippen LogP contribution in [0.2, 0.25) is 0 Å². The summed E-state index contributed by atoms with van der Waals surface area (Å²) in [4.78, 5) is 10.4. The number of rotatable bonds is 3. The van der Waals surface area contributed by atoms with Gasteiger partial charge < -0.3 is 25.5 Å². The molecular weight excluding hydrogens is 156 g/mol. The predicted octanol–water partition coefficient (Wildman–Crippen LogP) is -2.95. The Morgan fingerprint density at radius 3 is 2.27 bits per heavy atom. The van der Waals surface area contributed by atoms with Gasteiger partial charge in [-0.1, -0.05) is 0 Å². The Kier molecular flexibility index (Phi) is 7.12. The summed E-state index contributed by atoms with van der Waals surface area (Å²) < 4.78 is 4.07. The van der Waals surface area contributed by atoms with Crippen LogP contribution in [-0.2, 0) is 9.53 Å². The largest absolute Gasteiger partial charge is 0.467 e. The van der Waals surface area contributed by atoms with E-state index in [1.54, 1.807) is 0 Å². The Hall–Kier alpha value is -0.690. The molecule has 2 atom stereocenters. The van der Waals surface area contributed by atoms with Gasteiger partial charge in [-0.3, -0.25) is 0 Å². The van der Waals surface area contributed by atoms with E-state index in [9.17, 15) is 4.79 Å². The Labute approximate surface area is 63.3 Å². The Morgan fingerprint density at radius 2 is 2.00 bits per heavy atom. The Morgan fingerprint density at radius 1 is 1.55 bits per heavy atom. The molecule has 68 valence electrons. The minimum atomic E-state index is -1.66. The fourth-order valence-corrected chi connectivity index (χ4v) is 0.378. The van der Waals surface area contributed by atoms with E-state index in [1.165, 1.54) is 0 Å². The highest BCUT2D eigenvalue weighted by molar-refractivity contribution is 5.74. The highest BCUT2D eigenvalue weighted by Gasteiger charge is 2.23. The van der Waals surface area contributed by atoms with Crippen molar-refractivity contribution in [2.24, 2.45) is 0 Å². The van der Waals surface area contributed by atoms with Crippen molar-refractivity contribution >= 4 is 5.97 Å². The first-order valence-corrected chi connectivity index (χ1v) is 2.68. The summed E-state index contributed by atoms with van der Waals surface area (Å²) in [6.45, 7) is -0.670. The number of hydrogen-bond donors (Lipinski definition) is 3. The van der Waals surface area contributed by atoms with Crippen LogP contribution in [0.4, 0.5) is 0 Å². The third-order valence-electron chi connectivity index (χ3n) is 0.994. The lowest BCUT2D eigenvalue weighted by molar-refractivity contribution is -0.158. The van der Waals surface area contributed by atoms with Crippen LogP contribution in [0.5, 0.6) is 0 Å². The van der Waals surface area contributed by atoms with Gasteiger partial charge in [0.1, 0.15) is 6.10 Å². The summed E-state index contributed by atoms with van der Waals surface area (Å²) in [5.74, 6) is -0.957. The molecule has 0 aromatic heterocycles. The molecule has 0 aliphatic heterocycles. The number of carbonyl (C=O) groups excluding carboxylic acids is 1. The normalized spacial score (nSPS) is 14.5. The molecule has 0 spiro atoms. The number of aliphatic hydroxyl groups excluding tert-OH is 3. The van der Waals surface area contributed by atoms with E-state index in [1.807, 2.05) is 0 Å². The second-order valence-electron chi connectivity index (χ2n) is 1.72. The predicted molar refractivity (Wildman–Crippen MR) is 34.7 cm³/mol. The fourth-order valence-electron chi connectivity index (χ4n) is 0.378. The molecule has 0 amide bonds. The number of esters is 1. The van der Waals surface area contributed by atoms with Gasteiger partial charge in [0.05, 0.1) is 13.7 Å². The smallest absolute Gasteiger partial charge is 0.337 e. The van der Waals surface area contributed by atoms with Gasteiger partial charge >= 0.3 is 5.97 Å². The topological polar surface area (TPSA) is 118 Å². The fraction of sp³-hybridized carbons (Fsp3) is 0.800. The average Bonchev–Trinajstić information content (AvgIpc) is 2.00. The van der Waals surface area contributed by atoms with Crippen LogP contribution in [-0.4, -0.2) is 52.7 Å². The molecule has 0 unspecified atom stereocenters. The second-order valence-corrected chi connectivity index (χ2v) is 1.72. The van der Waals surface area contributed by atoms with E-state index in [4.69, 9.17) is 15.3 Å². The maximum Gasteiger partial charge on any atom is 0.337 e. The molecule has 0 heterocycles. The second kappa shape index (κ2) is 6.05. The third-order valence-corrected chi connectivity index (χ3v) is 0.994. The van der Waals surface area contributed by atoms with Crippen LogP contribution in [0.1, 0.15) is 0 Å². The summed E-state index contributed by atoms with van der Waals surface area (Å²) in [6.07, 6.45) is -3.12. The molecule has 0 fully saturated rings. The van der Waals surface area contributed by atoms with Crippen LogP contribution in [0.15, 0.2) is 0 Å². The van der Waals surface area contributed by atoms with E-state index < -0.39 is 24.8 Å². The number of carbonyl (C=O) groups is 1. The Bertz CT molecular complexity index is 114. The van der Waals surface area contributed by atoms with Crippen molar-refractivity contribution in [3.63, 3.8) is 0 Å². The molecule has 0 bridgehead atoms. The lowest BCUT2D eigenvalue weighted by Crippen LogP contribution is -2.37. The molecule has 6 nitrogen and oxygen atoms in total. The van der Waals surface area contributed by atoms with Gasteiger partial charge in [-0.2, -0.15) is 0 Å². The van der Waals surface area contributed by atoms with Crippen molar-refractivity contribution in [3.05, 3.63) is 0 Å². The van der Waals surface area contributed by atoms with Crippen molar-refractivity contribution in [2.75, 3.05) is 13.7 Å². The van der Waals surface area contributed by atoms with E-state index in [0.717, 1.165) is 7.11 Å². The zero-order chi connectivity index (χ0) is 8.15. The minimum absolute atomic E-state index is 0. The lowest BCUT2D eigenvalue weighted by atomic mass is 10.2. The molecule has 0 saturated heterocycles. The van der Waals surface area contributed by atoms with Gasteiger partial charge in [0.2, 0.25) is 0 Å². The van der Waals surface area contributed by atoms with Crippen molar-refractivity contribution in [2.45, 2.75) is 12.2 Å². The molecule has 0 aliphatic rings. The standard InChI is InChI=1S/C5H10O5.H2O/c1-10-5(9)4(8)3(7)2-6;/h3-4,6-8H,2H2,1H3;1H2/t3-,4-;/m1./s1. The van der Waals surface area contributed by atoms with Gasteiger partial charge in [-0.05, 0) is 0 Å². The first kappa shape index (κ1) is 12.9. The van der Waals surface area contributed by atoms with E-state index in [2.05, 4.69) is 4.74 Å². The molecule has 0 aliphatic carbocycles. The van der Waals surface area contributed by atoms with Crippen LogP contribution >= 0.6 is 0 Å². The van der Waals surface area contributed by atoms with Crippen LogP contribution < -0.4 is 0 Å². The average molecular weight is 168 g/mol. The molecule has 0 aromatic rings. The van der Waals surface area contributed by atoms with E-state index in [-0.39, 0.29) is 5.48 Å². The number of hydrogen-bond acceptors (Lipinski definition) is 5. The molecule has 5 N–H and O–H groups in total. The highest BCUT2D eigenvalue weighted by Crippen LogP contribution is 1.93. The van der Waals surface area contributed by atoms with Gasteiger partial charge in [0, 0.05) is 0 Å². The monoisotopic (exact) mass is 168 g/mol. The van der Waals surface area contributed by atoms with Crippen molar-refractivity contribution in [1.82, 2.24) is 0 Å². The van der Waals surface area contributed by atoms with Crippen molar-refractivity contribution in [3.8, 4) is 0 Å². The molecule has 11 heavy (non-hydrogen) atoms. The molecule has 0 saturated carbocycles. The molecule has 0 aromatic carbocycles. The number of aliphatic hydroxyl groups is 3. The summed E-state index contributed by atoms with van der Waals surface area (Å²) in [7, 11) is 1.08. The highest BCUT2D eigenvalue weighted by atomic mass is 16.5. The van der Waals surface area contributed by atoms with Gasteiger partial charge in [0.25, 0.3) is 0 Å². The maximum atomic E-state index is 10.4. The third kappa shape index (κ3) is 3.89. The maximum absolute atomic E-state index is 10.4. The minimum Gasteiger partial charge on any atom is -0.467 e. The summed E-state index contributed by atoms with van der Waals surface area (Å²) in [5, 5.41) is 25.6. The first-order chi connectivity index (χ1) is 4.63. The number of ether oxygens (including phenoxy) is 1. The zero-order valence-corrected chi connectivity index (χ0v) is 6.02. The van der Waals surface area contributed by atoms with E-state index in [0.29, 0.717) is 0 Å². The Balaban J connectivity index is 0. The van der Waals surface area contributed by atoms with Gasteiger partial charge in [0.15, 0.2) is 6.10 Å². The quantitative estimate of drug-likeness (QED) is 0.389. The van der Waals surface area contributed by atoms with Gasteiger partial charge in [-0.25, -0.2) is 4.79 Å². The van der Waals surface area contributed by atoms with E-state index >= 15 is 0 Å². The molecule has 6 heteroatoms. The summed E-state index contributed by atoms with van der Waals surface area (Å²) >= 11 is 0. The van der Waals surface area contributed by atoms with Crippen LogP contribution in [0, 0.1) is 0 Å². The summed E-state index contributed by atoms with van der Waals surface area (Å²) in [5.41, 5.74) is 0. The molecular formula is C5H12O6. The lowest BCUT2D eigenvalue weighted by Gasteiger charge is -2.11. The summed E-state index contributed by atoms with van der Waals surface area (Å²) in [6, 6.07) is 0. The number of methoxy groups -OCH3 is 1. The first-order valence-electron chi connectivity index (χ1n) is 2.68. The van der Waals surface area contributed by atoms with Crippen molar-refractivity contribution < 1.29 is 30.3 Å². The zero-order valence-electron chi connectivity index (χ0n) is 6.02. The molecule has 0 rings (SSSR count).